The third-order valence-electron chi connectivity index (χ3n) is 2.75. The molecule has 1 aromatic carbocycles. The van der Waals surface area contributed by atoms with E-state index in [1.54, 1.807) is 6.92 Å². The summed E-state index contributed by atoms with van der Waals surface area (Å²) in [6, 6.07) is 4.61. The maximum Gasteiger partial charge on any atom is 0.335 e. The van der Waals surface area contributed by atoms with E-state index in [0.717, 1.165) is 5.69 Å². The van der Waals surface area contributed by atoms with Gasteiger partial charge in [-0.25, -0.2) is 22.9 Å². The number of carboxylic acids is 1. The molecule has 2 rings (SSSR count). The Morgan fingerprint density at radius 2 is 1.95 bits per heavy atom. The van der Waals surface area contributed by atoms with Crippen LogP contribution in [0.3, 0.4) is 0 Å². The molecule has 8 heteroatoms. The first kappa shape index (κ1) is 15.6. The summed E-state index contributed by atoms with van der Waals surface area (Å²) >= 11 is 1.38. The Labute approximate surface area is 126 Å². The van der Waals surface area contributed by atoms with E-state index in [0.29, 0.717) is 5.01 Å². The van der Waals surface area contributed by atoms with Gasteiger partial charge in [-0.3, -0.25) is 0 Å². The Hall–Kier alpha value is -1.77. The van der Waals surface area contributed by atoms with E-state index in [2.05, 4.69) is 9.71 Å². The SMILES string of the molecule is Cc1csc(C(C)NS(=O)(=O)c2ccc(C(=O)O)cc2)n1. The van der Waals surface area contributed by atoms with Gasteiger partial charge in [0, 0.05) is 11.1 Å². The van der Waals surface area contributed by atoms with Crippen LogP contribution in [-0.2, 0) is 10.0 Å². The lowest BCUT2D eigenvalue weighted by Gasteiger charge is -2.12. The van der Waals surface area contributed by atoms with E-state index in [9.17, 15) is 13.2 Å². The number of aromatic nitrogens is 1. The number of aromatic carboxylic acids is 1. The van der Waals surface area contributed by atoms with Crippen LogP contribution in [0.15, 0.2) is 34.5 Å². The molecule has 21 heavy (non-hydrogen) atoms. The van der Waals surface area contributed by atoms with Crippen molar-refractivity contribution in [2.24, 2.45) is 0 Å². The molecular weight excluding hydrogens is 312 g/mol. The fraction of sp³-hybridized carbons (Fsp3) is 0.231. The van der Waals surface area contributed by atoms with Crippen LogP contribution in [0.2, 0.25) is 0 Å². The Balaban J connectivity index is 2.19. The molecule has 112 valence electrons. The van der Waals surface area contributed by atoms with E-state index in [1.807, 2.05) is 12.3 Å². The largest absolute Gasteiger partial charge is 0.478 e. The van der Waals surface area contributed by atoms with Crippen LogP contribution >= 0.6 is 11.3 Å². The van der Waals surface area contributed by atoms with Crippen molar-refractivity contribution in [3.8, 4) is 0 Å². The summed E-state index contributed by atoms with van der Waals surface area (Å²) in [6.07, 6.45) is 0. The summed E-state index contributed by atoms with van der Waals surface area (Å²) < 4.78 is 27.0. The van der Waals surface area contributed by atoms with E-state index in [4.69, 9.17) is 5.11 Å². The molecule has 1 heterocycles. The third-order valence-corrected chi connectivity index (χ3v) is 5.45. The summed E-state index contributed by atoms with van der Waals surface area (Å²) in [4.78, 5) is 15.0. The molecule has 0 saturated carbocycles. The minimum Gasteiger partial charge on any atom is -0.478 e. The van der Waals surface area contributed by atoms with Crippen molar-refractivity contribution in [2.75, 3.05) is 0 Å². The van der Waals surface area contributed by atoms with Gasteiger partial charge in [0.2, 0.25) is 10.0 Å². The maximum atomic E-state index is 12.2. The topological polar surface area (TPSA) is 96.4 Å². The predicted octanol–water partition coefficient (Wildman–Crippen LogP) is 2.19. The number of carbonyl (C=O) groups is 1. The highest BCUT2D eigenvalue weighted by Gasteiger charge is 2.20. The van der Waals surface area contributed by atoms with Gasteiger partial charge in [-0.1, -0.05) is 0 Å². The predicted molar refractivity (Wildman–Crippen MR) is 79.0 cm³/mol. The smallest absolute Gasteiger partial charge is 0.335 e. The first-order chi connectivity index (χ1) is 9.79. The van der Waals surface area contributed by atoms with Gasteiger partial charge in [-0.2, -0.15) is 0 Å². The molecule has 2 aromatic rings. The van der Waals surface area contributed by atoms with Gasteiger partial charge >= 0.3 is 5.97 Å². The fourth-order valence-electron chi connectivity index (χ4n) is 1.70. The minimum absolute atomic E-state index is 0.0210. The van der Waals surface area contributed by atoms with Crippen molar-refractivity contribution in [1.82, 2.24) is 9.71 Å². The van der Waals surface area contributed by atoms with Gasteiger partial charge in [0.1, 0.15) is 5.01 Å². The number of aryl methyl sites for hydroxylation is 1. The van der Waals surface area contributed by atoms with E-state index < -0.39 is 22.0 Å². The zero-order valence-electron chi connectivity index (χ0n) is 11.4. The number of rotatable bonds is 5. The summed E-state index contributed by atoms with van der Waals surface area (Å²) in [7, 11) is -3.72. The molecule has 0 aliphatic heterocycles. The summed E-state index contributed by atoms with van der Waals surface area (Å²) in [5, 5.41) is 11.3. The molecule has 0 bridgehead atoms. The minimum atomic E-state index is -3.72. The summed E-state index contributed by atoms with van der Waals surface area (Å²) in [5.41, 5.74) is 0.879. The van der Waals surface area contributed by atoms with Gasteiger partial charge in [0.05, 0.1) is 16.5 Å². The van der Waals surface area contributed by atoms with Gasteiger partial charge < -0.3 is 5.11 Å². The van der Waals surface area contributed by atoms with Gasteiger partial charge in [0.15, 0.2) is 0 Å². The average molecular weight is 326 g/mol. The lowest BCUT2D eigenvalue weighted by atomic mass is 10.2. The van der Waals surface area contributed by atoms with Crippen molar-refractivity contribution in [3.63, 3.8) is 0 Å². The highest BCUT2D eigenvalue weighted by Crippen LogP contribution is 2.20. The van der Waals surface area contributed by atoms with E-state index in [1.165, 1.54) is 35.6 Å². The van der Waals surface area contributed by atoms with Crippen LogP contribution in [0.25, 0.3) is 0 Å². The van der Waals surface area contributed by atoms with Gasteiger partial charge in [-0.15, -0.1) is 11.3 Å². The van der Waals surface area contributed by atoms with Gasteiger partial charge in [0.25, 0.3) is 0 Å². The number of thiazole rings is 1. The van der Waals surface area contributed by atoms with Crippen LogP contribution in [0.4, 0.5) is 0 Å². The number of benzene rings is 1. The maximum absolute atomic E-state index is 12.2. The number of carboxylic acid groups (broad SMARTS) is 1. The Morgan fingerprint density at radius 1 is 1.33 bits per heavy atom. The molecule has 2 N–H and O–H groups in total. The van der Waals surface area contributed by atoms with Crippen molar-refractivity contribution >= 4 is 27.3 Å². The molecule has 6 nitrogen and oxygen atoms in total. The van der Waals surface area contributed by atoms with E-state index in [-0.39, 0.29) is 10.5 Å². The molecule has 0 amide bonds. The lowest BCUT2D eigenvalue weighted by molar-refractivity contribution is 0.0696. The molecular formula is C13H14N2O4S2. The highest BCUT2D eigenvalue weighted by atomic mass is 32.2. The van der Waals surface area contributed by atoms with Crippen molar-refractivity contribution < 1.29 is 18.3 Å². The molecule has 0 saturated heterocycles. The van der Waals surface area contributed by atoms with Crippen LogP contribution in [0, 0.1) is 6.92 Å². The number of nitrogens with one attached hydrogen (secondary N) is 1. The molecule has 1 unspecified atom stereocenters. The monoisotopic (exact) mass is 326 g/mol. The second kappa shape index (κ2) is 5.92. The molecule has 0 aliphatic rings. The number of hydrogen-bond acceptors (Lipinski definition) is 5. The normalized spacial score (nSPS) is 13.0. The Kier molecular flexibility index (Phi) is 4.40. The quantitative estimate of drug-likeness (QED) is 0.878. The lowest BCUT2D eigenvalue weighted by Crippen LogP contribution is -2.26. The number of sulfonamides is 1. The molecule has 0 fully saturated rings. The van der Waals surface area contributed by atoms with E-state index >= 15 is 0 Å². The highest BCUT2D eigenvalue weighted by molar-refractivity contribution is 7.89. The average Bonchev–Trinajstić information content (AvgIpc) is 2.85. The van der Waals surface area contributed by atoms with Crippen molar-refractivity contribution in [1.29, 1.82) is 0 Å². The Bertz CT molecular complexity index is 751. The third kappa shape index (κ3) is 3.66. The number of hydrogen-bond donors (Lipinski definition) is 2. The molecule has 0 spiro atoms. The first-order valence-corrected chi connectivity index (χ1v) is 8.43. The second-order valence-corrected chi connectivity index (χ2v) is 7.10. The zero-order valence-corrected chi connectivity index (χ0v) is 13.0. The summed E-state index contributed by atoms with van der Waals surface area (Å²) in [6.45, 7) is 3.55. The molecule has 1 atom stereocenters. The van der Waals surface area contributed by atoms with Gasteiger partial charge in [-0.05, 0) is 38.1 Å². The summed E-state index contributed by atoms with van der Waals surface area (Å²) in [5.74, 6) is -1.10. The molecule has 0 aliphatic carbocycles. The van der Waals surface area contributed by atoms with Crippen LogP contribution in [0.1, 0.15) is 34.0 Å². The fourth-order valence-corrected chi connectivity index (χ4v) is 3.78. The first-order valence-electron chi connectivity index (χ1n) is 6.07. The molecule has 1 aromatic heterocycles. The van der Waals surface area contributed by atoms with Crippen molar-refractivity contribution in [3.05, 3.63) is 45.9 Å². The second-order valence-electron chi connectivity index (χ2n) is 4.50. The Morgan fingerprint density at radius 3 is 2.43 bits per heavy atom. The van der Waals surface area contributed by atoms with Crippen LogP contribution in [0.5, 0.6) is 0 Å². The van der Waals surface area contributed by atoms with Crippen molar-refractivity contribution in [2.45, 2.75) is 24.8 Å². The van der Waals surface area contributed by atoms with Crippen LogP contribution in [-0.4, -0.2) is 24.5 Å². The molecule has 0 radical (unpaired) electrons. The number of nitrogens with zero attached hydrogens (tertiary/aromatic N) is 1. The standard InChI is InChI=1S/C13H14N2O4S2/c1-8-7-20-12(14-8)9(2)15-21(18,19)11-5-3-10(4-6-11)13(16)17/h3-7,9,15H,1-2H3,(H,16,17). The van der Waals surface area contributed by atoms with Crippen LogP contribution < -0.4 is 4.72 Å². The zero-order chi connectivity index (χ0) is 15.6.